The number of carbonyl (C=O) groups is 2. The Labute approximate surface area is 256 Å². The molecule has 1 saturated heterocycles. The lowest BCUT2D eigenvalue weighted by molar-refractivity contribution is -0.132. The van der Waals surface area contributed by atoms with Crippen LogP contribution in [0.4, 0.5) is 10.8 Å². The number of rotatable bonds is 7. The second-order valence-electron chi connectivity index (χ2n) is 9.85. The molecule has 1 fully saturated rings. The number of nitrogens with zero attached hydrogens (tertiary/aromatic N) is 4. The number of aliphatic hydroxyl groups excluding tert-OH is 1. The molecular formula is C30H26Cl2N4O3S2. The zero-order chi connectivity index (χ0) is 29.4. The Kier molecular flexibility index (Phi) is 8.42. The highest BCUT2D eigenvalue weighted by Crippen LogP contribution is 2.44. The van der Waals surface area contributed by atoms with Gasteiger partial charge in [-0.1, -0.05) is 82.2 Å². The summed E-state index contributed by atoms with van der Waals surface area (Å²) < 4.78 is 0.601. The molecule has 4 aromatic rings. The Balaban J connectivity index is 1.56. The van der Waals surface area contributed by atoms with Crippen molar-refractivity contribution < 1.29 is 14.7 Å². The van der Waals surface area contributed by atoms with Gasteiger partial charge in [0, 0.05) is 41.1 Å². The first-order valence-corrected chi connectivity index (χ1v) is 15.2. The molecule has 0 saturated carbocycles. The van der Waals surface area contributed by atoms with E-state index in [4.69, 9.17) is 23.2 Å². The molecule has 1 aliphatic rings. The van der Waals surface area contributed by atoms with E-state index in [9.17, 15) is 14.7 Å². The van der Waals surface area contributed by atoms with Gasteiger partial charge in [-0.15, -0.1) is 10.2 Å². The van der Waals surface area contributed by atoms with Crippen molar-refractivity contribution in [2.24, 2.45) is 0 Å². The van der Waals surface area contributed by atoms with Crippen LogP contribution in [-0.4, -0.2) is 41.1 Å². The van der Waals surface area contributed by atoms with Crippen molar-refractivity contribution >= 4 is 74.6 Å². The molecule has 11 heteroatoms. The maximum atomic E-state index is 13.6. The summed E-state index contributed by atoms with van der Waals surface area (Å²) in [6.07, 6.45) is 0. The molecule has 1 N–H and O–H groups in total. The fraction of sp³-hybridized carbons (Fsp3) is 0.200. The van der Waals surface area contributed by atoms with Crippen LogP contribution in [0, 0.1) is 13.8 Å². The molecule has 5 rings (SSSR count). The van der Waals surface area contributed by atoms with Crippen LogP contribution in [0.2, 0.25) is 10.0 Å². The van der Waals surface area contributed by atoms with E-state index >= 15 is 0 Å². The largest absolute Gasteiger partial charge is 0.507 e. The van der Waals surface area contributed by atoms with Crippen LogP contribution in [0.15, 0.2) is 70.6 Å². The molecule has 0 radical (unpaired) electrons. The molecule has 3 aromatic carbocycles. The SMILES string of the molecule is Cc1ccc(C)c(/C(O)=C2\C(=O)C(=O)N(c3nnc(SCc4ccc(Cl)cc4Cl)s3)C2c2ccc(N(C)C)cc2)c1. The van der Waals surface area contributed by atoms with E-state index in [1.165, 1.54) is 28.0 Å². The predicted octanol–water partition coefficient (Wildman–Crippen LogP) is 7.45. The third kappa shape index (κ3) is 5.85. The monoisotopic (exact) mass is 624 g/mol. The van der Waals surface area contributed by atoms with Gasteiger partial charge in [-0.2, -0.15) is 0 Å². The number of anilines is 2. The lowest BCUT2D eigenvalue weighted by atomic mass is 9.93. The highest BCUT2D eigenvalue weighted by atomic mass is 35.5. The summed E-state index contributed by atoms with van der Waals surface area (Å²) >= 11 is 14.9. The van der Waals surface area contributed by atoms with Crippen molar-refractivity contribution in [3.8, 4) is 0 Å². The number of aryl methyl sites for hydroxylation is 2. The van der Waals surface area contributed by atoms with Gasteiger partial charge in [-0.05, 0) is 60.9 Å². The molecule has 0 aliphatic carbocycles. The van der Waals surface area contributed by atoms with Crippen molar-refractivity contribution in [1.82, 2.24) is 10.2 Å². The highest BCUT2D eigenvalue weighted by molar-refractivity contribution is 8.00. The molecule has 1 amide bonds. The summed E-state index contributed by atoms with van der Waals surface area (Å²) in [5.41, 5.74) is 4.73. The van der Waals surface area contributed by atoms with Gasteiger partial charge in [0.1, 0.15) is 5.76 Å². The normalized spacial score (nSPS) is 16.4. The minimum Gasteiger partial charge on any atom is -0.507 e. The Morgan fingerprint density at radius 3 is 2.44 bits per heavy atom. The van der Waals surface area contributed by atoms with Gasteiger partial charge in [0.05, 0.1) is 11.6 Å². The van der Waals surface area contributed by atoms with Gasteiger partial charge in [0.2, 0.25) is 5.13 Å². The van der Waals surface area contributed by atoms with E-state index in [-0.39, 0.29) is 16.5 Å². The minimum absolute atomic E-state index is 0.0126. The highest BCUT2D eigenvalue weighted by Gasteiger charge is 2.48. The minimum atomic E-state index is -0.886. The van der Waals surface area contributed by atoms with E-state index in [0.29, 0.717) is 31.3 Å². The third-order valence-electron chi connectivity index (χ3n) is 6.79. The van der Waals surface area contributed by atoms with E-state index in [2.05, 4.69) is 10.2 Å². The second kappa shape index (κ2) is 11.9. The third-order valence-corrected chi connectivity index (χ3v) is 9.48. The number of aromatic nitrogens is 2. The first-order valence-electron chi connectivity index (χ1n) is 12.6. The molecule has 1 aromatic heterocycles. The molecule has 1 atom stereocenters. The van der Waals surface area contributed by atoms with Crippen molar-refractivity contribution in [3.05, 3.63) is 104 Å². The number of benzene rings is 3. The van der Waals surface area contributed by atoms with Gasteiger partial charge >= 0.3 is 5.91 Å². The first kappa shape index (κ1) is 29.1. The fourth-order valence-corrected chi connectivity index (χ4v) is 7.00. The number of hydrogen-bond acceptors (Lipinski definition) is 8. The van der Waals surface area contributed by atoms with Crippen molar-refractivity contribution in [1.29, 1.82) is 0 Å². The number of aliphatic hydroxyl groups is 1. The Hall–Kier alpha value is -3.37. The molecule has 7 nitrogen and oxygen atoms in total. The number of amides is 1. The number of halogens is 2. The number of carbonyl (C=O) groups excluding carboxylic acids is 2. The average molecular weight is 626 g/mol. The lowest BCUT2D eigenvalue weighted by Gasteiger charge is -2.23. The Morgan fingerprint density at radius 1 is 1.02 bits per heavy atom. The Morgan fingerprint density at radius 2 is 1.76 bits per heavy atom. The molecule has 2 heterocycles. The molecule has 1 aliphatic heterocycles. The van der Waals surface area contributed by atoms with Crippen LogP contribution in [0.5, 0.6) is 0 Å². The van der Waals surface area contributed by atoms with Crippen LogP contribution in [-0.2, 0) is 15.3 Å². The summed E-state index contributed by atoms with van der Waals surface area (Å²) in [6, 6.07) is 17.6. The van der Waals surface area contributed by atoms with Crippen LogP contribution < -0.4 is 9.80 Å². The Bertz CT molecular complexity index is 1690. The average Bonchev–Trinajstić information content (AvgIpc) is 3.51. The maximum absolute atomic E-state index is 13.6. The van der Waals surface area contributed by atoms with Crippen LogP contribution in [0.3, 0.4) is 0 Å². The molecule has 210 valence electrons. The molecule has 1 unspecified atom stereocenters. The van der Waals surface area contributed by atoms with E-state index < -0.39 is 17.7 Å². The van der Waals surface area contributed by atoms with Crippen LogP contribution in [0.1, 0.15) is 33.9 Å². The van der Waals surface area contributed by atoms with Gasteiger partial charge in [0.15, 0.2) is 4.34 Å². The van der Waals surface area contributed by atoms with Gasteiger partial charge < -0.3 is 10.0 Å². The molecule has 0 bridgehead atoms. The molecular weight excluding hydrogens is 599 g/mol. The number of Topliss-reactive ketones (excluding diaryl/α,β-unsaturated/α-hetero) is 1. The maximum Gasteiger partial charge on any atom is 0.301 e. The molecule has 41 heavy (non-hydrogen) atoms. The van der Waals surface area contributed by atoms with Crippen molar-refractivity contribution in [2.45, 2.75) is 30.0 Å². The van der Waals surface area contributed by atoms with E-state index in [1.807, 2.05) is 81.4 Å². The van der Waals surface area contributed by atoms with Crippen molar-refractivity contribution in [2.75, 3.05) is 23.9 Å². The van der Waals surface area contributed by atoms with E-state index in [1.54, 1.807) is 12.1 Å². The number of thioether (sulfide) groups is 1. The predicted molar refractivity (Wildman–Crippen MR) is 167 cm³/mol. The van der Waals surface area contributed by atoms with Gasteiger partial charge in [0.25, 0.3) is 5.78 Å². The lowest BCUT2D eigenvalue weighted by Crippen LogP contribution is -2.29. The summed E-state index contributed by atoms with van der Waals surface area (Å²) in [6.45, 7) is 3.76. The first-order chi connectivity index (χ1) is 19.5. The second-order valence-corrected chi connectivity index (χ2v) is 12.9. The zero-order valence-electron chi connectivity index (χ0n) is 22.7. The van der Waals surface area contributed by atoms with Crippen LogP contribution >= 0.6 is 46.3 Å². The number of ketones is 1. The summed E-state index contributed by atoms with van der Waals surface area (Å²) in [5, 5.41) is 21.5. The van der Waals surface area contributed by atoms with Crippen molar-refractivity contribution in [3.63, 3.8) is 0 Å². The standard InChI is InChI=1S/C30H26Cl2N4O3S2/c1-16-5-6-17(2)22(13-16)26(37)24-25(18-8-11-21(12-9-18)35(3)4)36(28(39)27(24)38)29-33-34-30(41-29)40-15-19-7-10-20(31)14-23(19)32/h5-14,25,37H,15H2,1-4H3/b26-24+. The quantitative estimate of drug-likeness (QED) is 0.0751. The van der Waals surface area contributed by atoms with Gasteiger partial charge in [-0.3, -0.25) is 14.5 Å². The summed E-state index contributed by atoms with van der Waals surface area (Å²) in [4.78, 5) is 30.4. The zero-order valence-corrected chi connectivity index (χ0v) is 25.8. The van der Waals surface area contributed by atoms with Crippen LogP contribution in [0.25, 0.3) is 5.76 Å². The van der Waals surface area contributed by atoms with E-state index in [0.717, 1.165) is 22.4 Å². The molecule has 0 spiro atoms. The summed E-state index contributed by atoms with van der Waals surface area (Å²) in [7, 11) is 3.86. The number of hydrogen-bond donors (Lipinski definition) is 1. The smallest absolute Gasteiger partial charge is 0.301 e. The van der Waals surface area contributed by atoms with Gasteiger partial charge in [-0.25, -0.2) is 0 Å². The summed E-state index contributed by atoms with van der Waals surface area (Å²) in [5.74, 6) is -1.24. The topological polar surface area (TPSA) is 86.6 Å². The fourth-order valence-electron chi connectivity index (χ4n) is 4.57.